The summed E-state index contributed by atoms with van der Waals surface area (Å²) in [4.78, 5) is 2.23. The molecule has 2 aromatic heterocycles. The topological polar surface area (TPSA) is 81.2 Å². The second kappa shape index (κ2) is 5.69. The number of ether oxygens (including phenoxy) is 1. The SMILES string of the molecule is COc1c(CN2CCC(O)(Cn3ccnn3)C2)c(C)nn1C. The number of rotatable bonds is 5. The molecule has 0 bridgehead atoms. The first kappa shape index (κ1) is 15.0. The van der Waals surface area contributed by atoms with Gasteiger partial charge in [-0.2, -0.15) is 5.10 Å². The quantitative estimate of drug-likeness (QED) is 0.835. The van der Waals surface area contributed by atoms with Crippen LogP contribution in [0.15, 0.2) is 12.4 Å². The van der Waals surface area contributed by atoms with E-state index in [1.807, 2.05) is 14.0 Å². The molecule has 3 heterocycles. The molecule has 0 aliphatic carbocycles. The van der Waals surface area contributed by atoms with Gasteiger partial charge < -0.3 is 9.84 Å². The number of likely N-dealkylation sites (tertiary alicyclic amines) is 1. The minimum Gasteiger partial charge on any atom is -0.481 e. The van der Waals surface area contributed by atoms with Crippen LogP contribution in [0, 0.1) is 6.92 Å². The van der Waals surface area contributed by atoms with Gasteiger partial charge >= 0.3 is 0 Å². The van der Waals surface area contributed by atoms with Gasteiger partial charge in [0.2, 0.25) is 5.88 Å². The predicted molar refractivity (Wildman–Crippen MR) is 79.4 cm³/mol. The second-order valence-corrected chi connectivity index (χ2v) is 5.98. The van der Waals surface area contributed by atoms with Crippen molar-refractivity contribution in [3.8, 4) is 5.88 Å². The molecule has 22 heavy (non-hydrogen) atoms. The lowest BCUT2D eigenvalue weighted by Gasteiger charge is -2.23. The lowest BCUT2D eigenvalue weighted by Crippen LogP contribution is -2.37. The minimum atomic E-state index is -0.767. The van der Waals surface area contributed by atoms with Crippen LogP contribution in [-0.2, 0) is 20.1 Å². The van der Waals surface area contributed by atoms with Crippen molar-refractivity contribution in [1.29, 1.82) is 0 Å². The fourth-order valence-electron chi connectivity index (χ4n) is 3.16. The molecule has 0 spiro atoms. The van der Waals surface area contributed by atoms with Gasteiger partial charge in [0.25, 0.3) is 0 Å². The molecule has 1 N–H and O–H groups in total. The van der Waals surface area contributed by atoms with Crippen molar-refractivity contribution < 1.29 is 9.84 Å². The summed E-state index contributed by atoms with van der Waals surface area (Å²) < 4.78 is 8.87. The van der Waals surface area contributed by atoms with E-state index in [0.29, 0.717) is 19.5 Å². The van der Waals surface area contributed by atoms with Gasteiger partial charge in [-0.05, 0) is 13.3 Å². The normalized spacial score (nSPS) is 22.4. The third kappa shape index (κ3) is 2.84. The van der Waals surface area contributed by atoms with Crippen LogP contribution in [-0.4, -0.2) is 60.6 Å². The maximum Gasteiger partial charge on any atom is 0.216 e. The molecule has 0 saturated carbocycles. The van der Waals surface area contributed by atoms with Crippen LogP contribution >= 0.6 is 0 Å². The summed E-state index contributed by atoms with van der Waals surface area (Å²) in [7, 11) is 3.53. The van der Waals surface area contributed by atoms with Crippen LogP contribution in [0.1, 0.15) is 17.7 Å². The zero-order chi connectivity index (χ0) is 15.7. The van der Waals surface area contributed by atoms with Gasteiger partial charge in [0.05, 0.1) is 36.7 Å². The van der Waals surface area contributed by atoms with Gasteiger partial charge in [-0.15, -0.1) is 5.10 Å². The number of hydrogen-bond donors (Lipinski definition) is 1. The van der Waals surface area contributed by atoms with Crippen molar-refractivity contribution in [2.24, 2.45) is 7.05 Å². The van der Waals surface area contributed by atoms with Gasteiger partial charge in [-0.25, -0.2) is 9.36 Å². The molecule has 2 aromatic rings. The Balaban J connectivity index is 1.68. The van der Waals surface area contributed by atoms with E-state index in [1.54, 1.807) is 28.9 Å². The van der Waals surface area contributed by atoms with E-state index in [9.17, 15) is 5.11 Å². The zero-order valence-electron chi connectivity index (χ0n) is 13.2. The summed E-state index contributed by atoms with van der Waals surface area (Å²) in [5.74, 6) is 0.782. The Morgan fingerprint density at radius 1 is 1.45 bits per heavy atom. The lowest BCUT2D eigenvalue weighted by molar-refractivity contribution is 0.0273. The van der Waals surface area contributed by atoms with Crippen LogP contribution in [0.25, 0.3) is 0 Å². The zero-order valence-corrected chi connectivity index (χ0v) is 13.2. The Morgan fingerprint density at radius 3 is 2.95 bits per heavy atom. The smallest absolute Gasteiger partial charge is 0.216 e. The highest BCUT2D eigenvalue weighted by Crippen LogP contribution is 2.28. The first-order chi connectivity index (χ1) is 10.5. The van der Waals surface area contributed by atoms with E-state index < -0.39 is 5.60 Å². The van der Waals surface area contributed by atoms with Gasteiger partial charge in [0, 0.05) is 32.9 Å². The number of methoxy groups -OCH3 is 1. The van der Waals surface area contributed by atoms with Gasteiger partial charge in [-0.1, -0.05) is 5.21 Å². The molecule has 0 radical (unpaired) electrons. The summed E-state index contributed by atoms with van der Waals surface area (Å²) >= 11 is 0. The van der Waals surface area contributed by atoms with E-state index in [2.05, 4.69) is 20.3 Å². The van der Waals surface area contributed by atoms with Gasteiger partial charge in [-0.3, -0.25) is 4.90 Å². The molecule has 1 aliphatic rings. The molecule has 8 heteroatoms. The number of β-amino-alcohol motifs (C(OH)–C–C–N with tert-alkyl or cyclic N) is 1. The Bertz CT molecular complexity index is 638. The summed E-state index contributed by atoms with van der Waals surface area (Å²) in [6.45, 7) is 4.61. The molecule has 0 aromatic carbocycles. The fraction of sp³-hybridized carbons (Fsp3) is 0.643. The van der Waals surface area contributed by atoms with Crippen molar-refractivity contribution in [3.05, 3.63) is 23.7 Å². The number of nitrogens with zero attached hydrogens (tertiary/aromatic N) is 6. The Morgan fingerprint density at radius 2 is 2.27 bits per heavy atom. The second-order valence-electron chi connectivity index (χ2n) is 5.98. The first-order valence-corrected chi connectivity index (χ1v) is 7.36. The van der Waals surface area contributed by atoms with Crippen molar-refractivity contribution in [3.63, 3.8) is 0 Å². The maximum absolute atomic E-state index is 10.7. The summed E-state index contributed by atoms with van der Waals surface area (Å²) in [6, 6.07) is 0. The summed E-state index contributed by atoms with van der Waals surface area (Å²) in [6.07, 6.45) is 4.11. The maximum atomic E-state index is 10.7. The van der Waals surface area contributed by atoms with Crippen molar-refractivity contribution >= 4 is 0 Å². The minimum absolute atomic E-state index is 0.465. The lowest BCUT2D eigenvalue weighted by atomic mass is 10.0. The van der Waals surface area contributed by atoms with Crippen LogP contribution in [0.4, 0.5) is 0 Å². The molecule has 1 unspecified atom stereocenters. The predicted octanol–water partition coefficient (Wildman–Crippen LogP) is -0.0344. The average molecular weight is 306 g/mol. The van der Waals surface area contributed by atoms with Gasteiger partial charge in [0.15, 0.2) is 0 Å². The van der Waals surface area contributed by atoms with E-state index in [-0.39, 0.29) is 0 Å². The molecule has 1 atom stereocenters. The molecule has 0 amide bonds. The molecular weight excluding hydrogens is 284 g/mol. The standard InChI is InChI=1S/C14H22N6O2/c1-11-12(13(22-3)18(2)16-11)8-19-6-4-14(21,9-19)10-20-7-5-15-17-20/h5,7,21H,4,6,8-10H2,1-3H3. The molecular formula is C14H22N6O2. The highest BCUT2D eigenvalue weighted by Gasteiger charge is 2.37. The van der Waals surface area contributed by atoms with Gasteiger partial charge in [0.1, 0.15) is 0 Å². The summed E-state index contributed by atoms with van der Waals surface area (Å²) in [5, 5.41) is 22.8. The van der Waals surface area contributed by atoms with Crippen LogP contribution in [0.3, 0.4) is 0 Å². The monoisotopic (exact) mass is 306 g/mol. The average Bonchev–Trinajstić information content (AvgIpc) is 3.14. The molecule has 1 aliphatic heterocycles. The Labute approximate surface area is 129 Å². The third-order valence-corrected chi connectivity index (χ3v) is 4.20. The molecule has 1 saturated heterocycles. The largest absolute Gasteiger partial charge is 0.481 e. The van der Waals surface area contributed by atoms with E-state index in [1.165, 1.54) is 0 Å². The molecule has 1 fully saturated rings. The highest BCUT2D eigenvalue weighted by atomic mass is 16.5. The van der Waals surface area contributed by atoms with Crippen LogP contribution < -0.4 is 4.74 Å². The molecule has 8 nitrogen and oxygen atoms in total. The van der Waals surface area contributed by atoms with Crippen molar-refractivity contribution in [1.82, 2.24) is 29.7 Å². The van der Waals surface area contributed by atoms with Crippen LogP contribution in [0.2, 0.25) is 0 Å². The fourth-order valence-corrected chi connectivity index (χ4v) is 3.16. The summed E-state index contributed by atoms with van der Waals surface area (Å²) in [5.41, 5.74) is 1.28. The number of aliphatic hydroxyl groups is 1. The number of aromatic nitrogens is 5. The van der Waals surface area contributed by atoms with Crippen LogP contribution in [0.5, 0.6) is 5.88 Å². The van der Waals surface area contributed by atoms with E-state index in [0.717, 1.165) is 30.2 Å². The highest BCUT2D eigenvalue weighted by molar-refractivity contribution is 5.31. The van der Waals surface area contributed by atoms with E-state index >= 15 is 0 Å². The van der Waals surface area contributed by atoms with Crippen molar-refractivity contribution in [2.45, 2.75) is 32.0 Å². The molecule has 120 valence electrons. The molecule has 3 rings (SSSR count). The third-order valence-electron chi connectivity index (χ3n) is 4.20. The Hall–Kier alpha value is -1.93. The van der Waals surface area contributed by atoms with E-state index in [4.69, 9.17) is 4.74 Å². The first-order valence-electron chi connectivity index (χ1n) is 7.36. The number of aryl methyl sites for hydroxylation is 2. The van der Waals surface area contributed by atoms with Crippen molar-refractivity contribution in [2.75, 3.05) is 20.2 Å². The Kier molecular flexibility index (Phi) is 3.88. The number of hydrogen-bond acceptors (Lipinski definition) is 6.